The first-order valence-corrected chi connectivity index (χ1v) is 7.46. The first-order chi connectivity index (χ1) is 9.22. The van der Waals surface area contributed by atoms with Gasteiger partial charge in [-0.2, -0.15) is 0 Å². The van der Waals surface area contributed by atoms with E-state index in [9.17, 15) is 0 Å². The van der Waals surface area contributed by atoms with Crippen LogP contribution in [0, 0.1) is 0 Å². The van der Waals surface area contributed by atoms with Gasteiger partial charge in [-0.1, -0.05) is 37.5 Å². The highest BCUT2D eigenvalue weighted by atomic mass is 32.3. The summed E-state index contributed by atoms with van der Waals surface area (Å²) in [5.74, 6) is 1.43. The van der Waals surface area contributed by atoms with E-state index in [4.69, 9.17) is 16.7 Å². The molecule has 2 heterocycles. The summed E-state index contributed by atoms with van der Waals surface area (Å²) in [5.41, 5.74) is 1.92. The molecule has 102 valence electrons. The average molecular weight is 280 g/mol. The van der Waals surface area contributed by atoms with Gasteiger partial charge in [-0.15, -0.1) is 0 Å². The van der Waals surface area contributed by atoms with Crippen LogP contribution in [0.25, 0.3) is 0 Å². The standard InChI is InChI=1S/C14H16O4S/c1-3-6-12-9-15-19(17-11(12)2)16-10-13-7-4-5-8-14(13)18-19/h3-4,6-7H,1-2,5,8-10H2/b12-6-. The van der Waals surface area contributed by atoms with Crippen LogP contribution in [-0.2, 0) is 16.7 Å². The van der Waals surface area contributed by atoms with Crippen molar-refractivity contribution in [2.24, 2.45) is 0 Å². The van der Waals surface area contributed by atoms with Crippen molar-refractivity contribution in [3.05, 3.63) is 60.1 Å². The molecule has 0 aromatic rings. The third kappa shape index (κ3) is 2.36. The first-order valence-electron chi connectivity index (χ1n) is 6.13. The van der Waals surface area contributed by atoms with E-state index in [1.807, 2.05) is 12.2 Å². The van der Waals surface area contributed by atoms with Crippen LogP contribution in [0.15, 0.2) is 60.1 Å². The second-order valence-corrected chi connectivity index (χ2v) is 5.96. The van der Waals surface area contributed by atoms with E-state index in [1.54, 1.807) is 6.08 Å². The Morgan fingerprint density at radius 1 is 1.21 bits per heavy atom. The Morgan fingerprint density at radius 3 is 2.84 bits per heavy atom. The molecule has 0 radical (unpaired) electrons. The summed E-state index contributed by atoms with van der Waals surface area (Å²) in [6.45, 7) is 8.34. The molecular weight excluding hydrogens is 264 g/mol. The van der Waals surface area contributed by atoms with Gasteiger partial charge in [-0.3, -0.25) is 0 Å². The van der Waals surface area contributed by atoms with Crippen LogP contribution in [-0.4, -0.2) is 13.2 Å². The van der Waals surface area contributed by atoms with Crippen molar-refractivity contribution >= 4 is 11.2 Å². The van der Waals surface area contributed by atoms with Gasteiger partial charge < -0.3 is 8.37 Å². The van der Waals surface area contributed by atoms with Crippen LogP contribution in [0.3, 0.4) is 0 Å². The molecule has 4 nitrogen and oxygen atoms in total. The minimum Gasteiger partial charge on any atom is -0.379 e. The number of rotatable bonds is 1. The van der Waals surface area contributed by atoms with E-state index >= 15 is 0 Å². The van der Waals surface area contributed by atoms with Crippen LogP contribution < -0.4 is 0 Å². The molecule has 3 aliphatic rings. The van der Waals surface area contributed by atoms with Crippen LogP contribution in [0.5, 0.6) is 0 Å². The smallest absolute Gasteiger partial charge is 0.325 e. The van der Waals surface area contributed by atoms with Crippen molar-refractivity contribution in [2.75, 3.05) is 13.2 Å². The minimum absolute atomic E-state index is 0.360. The molecule has 1 atom stereocenters. The largest absolute Gasteiger partial charge is 0.379 e. The Morgan fingerprint density at radius 2 is 2.05 bits per heavy atom. The summed E-state index contributed by atoms with van der Waals surface area (Å²) >= 11 is -2.44. The predicted octanol–water partition coefficient (Wildman–Crippen LogP) is 3.77. The summed E-state index contributed by atoms with van der Waals surface area (Å²) in [6.07, 6.45) is 9.47. The molecule has 1 saturated heterocycles. The van der Waals surface area contributed by atoms with E-state index in [0.29, 0.717) is 19.0 Å². The zero-order valence-electron chi connectivity index (χ0n) is 10.6. The van der Waals surface area contributed by atoms with Crippen molar-refractivity contribution in [1.29, 1.82) is 0 Å². The Hall–Kier alpha value is -1.43. The van der Waals surface area contributed by atoms with Crippen molar-refractivity contribution in [1.82, 2.24) is 0 Å². The van der Waals surface area contributed by atoms with E-state index in [-0.39, 0.29) is 0 Å². The second kappa shape index (κ2) is 4.92. The molecular formula is C14H16O4S. The quantitative estimate of drug-likeness (QED) is 0.732. The van der Waals surface area contributed by atoms with Gasteiger partial charge in [0.25, 0.3) is 0 Å². The summed E-state index contributed by atoms with van der Waals surface area (Å²) in [5, 5.41) is 0. The van der Waals surface area contributed by atoms with Gasteiger partial charge in [0.15, 0.2) is 0 Å². The lowest BCUT2D eigenvalue weighted by atomic mass is 10.1. The number of allylic oxidation sites excluding steroid dienone is 4. The monoisotopic (exact) mass is 280 g/mol. The van der Waals surface area contributed by atoms with Crippen LogP contribution in [0.1, 0.15) is 12.8 Å². The molecule has 0 aromatic carbocycles. The third-order valence-electron chi connectivity index (χ3n) is 3.02. The maximum Gasteiger partial charge on any atom is 0.325 e. The minimum atomic E-state index is -2.44. The van der Waals surface area contributed by atoms with Crippen LogP contribution in [0.4, 0.5) is 0 Å². The van der Waals surface area contributed by atoms with Crippen molar-refractivity contribution in [3.8, 4) is 0 Å². The molecule has 5 heteroatoms. The predicted molar refractivity (Wildman–Crippen MR) is 74.5 cm³/mol. The second-order valence-electron chi connectivity index (χ2n) is 4.34. The normalized spacial score (nSPS) is 35.4. The lowest BCUT2D eigenvalue weighted by Gasteiger charge is -2.43. The van der Waals surface area contributed by atoms with Crippen molar-refractivity contribution < 1.29 is 16.7 Å². The molecule has 0 amide bonds. The average Bonchev–Trinajstić information content (AvgIpc) is 2.42. The Balaban J connectivity index is 1.79. The van der Waals surface area contributed by atoms with Gasteiger partial charge in [0.2, 0.25) is 0 Å². The topological polar surface area (TPSA) is 36.9 Å². The Labute approximate surface area is 114 Å². The zero-order chi connectivity index (χ0) is 13.3. The fourth-order valence-corrected chi connectivity index (χ4v) is 3.63. The lowest BCUT2D eigenvalue weighted by molar-refractivity contribution is 0.112. The molecule has 1 fully saturated rings. The molecule has 0 bridgehead atoms. The fraction of sp³-hybridized carbons (Fsp3) is 0.286. The molecule has 0 aromatic heterocycles. The van der Waals surface area contributed by atoms with Crippen LogP contribution >= 0.6 is 11.2 Å². The van der Waals surface area contributed by atoms with E-state index in [0.717, 1.165) is 29.7 Å². The lowest BCUT2D eigenvalue weighted by Crippen LogP contribution is -2.27. The molecule has 1 aliphatic carbocycles. The maximum absolute atomic E-state index is 5.85. The van der Waals surface area contributed by atoms with Crippen molar-refractivity contribution in [3.63, 3.8) is 0 Å². The summed E-state index contributed by atoms with van der Waals surface area (Å²) in [4.78, 5) is 0. The number of hydrogen-bond donors (Lipinski definition) is 0. The van der Waals surface area contributed by atoms with Crippen molar-refractivity contribution in [2.45, 2.75) is 12.8 Å². The molecule has 0 saturated carbocycles. The van der Waals surface area contributed by atoms with Gasteiger partial charge in [0, 0.05) is 17.6 Å². The van der Waals surface area contributed by atoms with Gasteiger partial charge in [-0.25, -0.2) is 8.37 Å². The summed E-state index contributed by atoms with van der Waals surface area (Å²) in [7, 11) is 0. The van der Waals surface area contributed by atoms with Gasteiger partial charge in [0.1, 0.15) is 11.5 Å². The Kier molecular flexibility index (Phi) is 3.26. The SMILES string of the molecule is C=C/C=C1/COS2(OCC3=C(CCC=C3)O2)OC1=C. The molecule has 19 heavy (non-hydrogen) atoms. The highest BCUT2D eigenvalue weighted by Crippen LogP contribution is 2.62. The van der Waals surface area contributed by atoms with E-state index in [2.05, 4.69) is 19.2 Å². The third-order valence-corrected chi connectivity index (χ3v) is 4.64. The molecule has 2 aliphatic heterocycles. The van der Waals surface area contributed by atoms with Gasteiger partial charge in [0.05, 0.1) is 13.2 Å². The van der Waals surface area contributed by atoms with E-state index < -0.39 is 11.2 Å². The molecule has 1 spiro atoms. The summed E-state index contributed by atoms with van der Waals surface area (Å²) < 4.78 is 22.9. The summed E-state index contributed by atoms with van der Waals surface area (Å²) in [6, 6.07) is 0. The Bertz CT molecular complexity index is 518. The molecule has 0 N–H and O–H groups in total. The highest BCUT2D eigenvalue weighted by molar-refractivity contribution is 8.17. The van der Waals surface area contributed by atoms with Gasteiger partial charge in [-0.05, 0) is 6.42 Å². The first kappa shape index (κ1) is 12.6. The fourth-order valence-electron chi connectivity index (χ4n) is 2.00. The highest BCUT2D eigenvalue weighted by Gasteiger charge is 2.42. The molecule has 3 rings (SSSR count). The van der Waals surface area contributed by atoms with Gasteiger partial charge >= 0.3 is 11.2 Å². The van der Waals surface area contributed by atoms with E-state index in [1.165, 1.54) is 0 Å². The maximum atomic E-state index is 5.85. The molecule has 1 unspecified atom stereocenters. The zero-order valence-corrected chi connectivity index (χ0v) is 11.4. The number of hydrogen-bond acceptors (Lipinski definition) is 4. The van der Waals surface area contributed by atoms with Crippen LogP contribution in [0.2, 0.25) is 0 Å².